The number of nitrogens with zero attached hydrogens (tertiary/aromatic N) is 2. The fourth-order valence-electron chi connectivity index (χ4n) is 1.64. The number of aromatic nitrogens is 2. The van der Waals surface area contributed by atoms with Crippen molar-refractivity contribution in [1.82, 2.24) is 9.97 Å². The molecule has 1 heterocycles. The summed E-state index contributed by atoms with van der Waals surface area (Å²) in [6.07, 6.45) is 3.15. The van der Waals surface area contributed by atoms with E-state index < -0.39 is 0 Å². The molecule has 4 nitrogen and oxygen atoms in total. The van der Waals surface area contributed by atoms with Crippen LogP contribution in [-0.4, -0.2) is 21.9 Å². The van der Waals surface area contributed by atoms with Crippen LogP contribution in [0.4, 0.5) is 0 Å². The monoisotopic (exact) mass is 256 g/mol. The number of hydrogen-bond donors (Lipinski definition) is 0. The van der Waals surface area contributed by atoms with Crippen molar-refractivity contribution in [1.29, 1.82) is 0 Å². The maximum atomic E-state index is 12.2. The summed E-state index contributed by atoms with van der Waals surface area (Å²) in [7, 11) is 0. The molecule has 0 amide bonds. The number of ketones is 1. The van der Waals surface area contributed by atoms with Crippen LogP contribution >= 0.6 is 0 Å². The standard InChI is InChI=1S/C15H16N2O2/c1-10(2)19-13-6-4-5-12(7-13)15(18)14-9-16-11(3)8-17-14/h4-10H,1-3H3. The maximum Gasteiger partial charge on any atom is 0.213 e. The highest BCUT2D eigenvalue weighted by Gasteiger charge is 2.12. The van der Waals surface area contributed by atoms with Gasteiger partial charge in [-0.25, -0.2) is 4.98 Å². The fourth-order valence-corrected chi connectivity index (χ4v) is 1.64. The van der Waals surface area contributed by atoms with Crippen LogP contribution in [0.1, 0.15) is 35.6 Å². The summed E-state index contributed by atoms with van der Waals surface area (Å²) in [6, 6.07) is 7.10. The van der Waals surface area contributed by atoms with E-state index in [9.17, 15) is 4.79 Å². The highest BCUT2D eigenvalue weighted by molar-refractivity contribution is 6.07. The Morgan fingerprint density at radius 3 is 2.63 bits per heavy atom. The Kier molecular flexibility index (Phi) is 3.90. The van der Waals surface area contributed by atoms with Crippen LogP contribution in [0.3, 0.4) is 0 Å². The van der Waals surface area contributed by atoms with Gasteiger partial charge in [-0.2, -0.15) is 0 Å². The van der Waals surface area contributed by atoms with Gasteiger partial charge in [-0.3, -0.25) is 9.78 Å². The molecule has 0 unspecified atom stereocenters. The molecule has 0 aliphatic rings. The van der Waals surface area contributed by atoms with Crippen molar-refractivity contribution in [2.45, 2.75) is 26.9 Å². The molecule has 4 heteroatoms. The second kappa shape index (κ2) is 5.61. The zero-order chi connectivity index (χ0) is 13.8. The van der Waals surface area contributed by atoms with Crippen LogP contribution in [0, 0.1) is 6.92 Å². The quantitative estimate of drug-likeness (QED) is 0.789. The van der Waals surface area contributed by atoms with Crippen molar-refractivity contribution in [2.75, 3.05) is 0 Å². The lowest BCUT2D eigenvalue weighted by Crippen LogP contribution is -2.08. The van der Waals surface area contributed by atoms with Crippen LogP contribution in [0.2, 0.25) is 0 Å². The lowest BCUT2D eigenvalue weighted by atomic mass is 10.1. The molecule has 98 valence electrons. The molecule has 1 aromatic carbocycles. The summed E-state index contributed by atoms with van der Waals surface area (Å²) in [6.45, 7) is 5.72. The predicted octanol–water partition coefficient (Wildman–Crippen LogP) is 2.80. The lowest BCUT2D eigenvalue weighted by Gasteiger charge is -2.10. The summed E-state index contributed by atoms with van der Waals surface area (Å²) in [5.41, 5.74) is 1.68. The Morgan fingerprint density at radius 1 is 1.21 bits per heavy atom. The SMILES string of the molecule is Cc1cnc(C(=O)c2cccc(OC(C)C)c2)cn1. The molecule has 0 N–H and O–H groups in total. The number of carbonyl (C=O) groups excluding carboxylic acids is 1. The van der Waals surface area contributed by atoms with Gasteiger partial charge in [0, 0.05) is 11.8 Å². The van der Waals surface area contributed by atoms with Crippen molar-refractivity contribution in [3.63, 3.8) is 0 Å². The van der Waals surface area contributed by atoms with Gasteiger partial charge >= 0.3 is 0 Å². The fraction of sp³-hybridized carbons (Fsp3) is 0.267. The number of benzene rings is 1. The normalized spacial score (nSPS) is 10.5. The Bertz CT molecular complexity index is 577. The average molecular weight is 256 g/mol. The van der Waals surface area contributed by atoms with Gasteiger partial charge in [-0.1, -0.05) is 12.1 Å². The smallest absolute Gasteiger partial charge is 0.213 e. The van der Waals surface area contributed by atoms with Crippen LogP contribution in [0.25, 0.3) is 0 Å². The summed E-state index contributed by atoms with van der Waals surface area (Å²) in [5, 5.41) is 0. The van der Waals surface area contributed by atoms with E-state index >= 15 is 0 Å². The zero-order valence-electron chi connectivity index (χ0n) is 11.3. The van der Waals surface area contributed by atoms with E-state index in [2.05, 4.69) is 9.97 Å². The predicted molar refractivity (Wildman–Crippen MR) is 72.4 cm³/mol. The van der Waals surface area contributed by atoms with Crippen molar-refractivity contribution in [3.8, 4) is 5.75 Å². The van der Waals surface area contributed by atoms with Crippen molar-refractivity contribution in [3.05, 3.63) is 53.6 Å². The molecule has 0 saturated carbocycles. The maximum absolute atomic E-state index is 12.2. The van der Waals surface area contributed by atoms with Crippen LogP contribution in [0.5, 0.6) is 5.75 Å². The highest BCUT2D eigenvalue weighted by atomic mass is 16.5. The molecule has 0 radical (unpaired) electrons. The van der Waals surface area contributed by atoms with E-state index in [4.69, 9.17) is 4.74 Å². The molecule has 0 aliphatic heterocycles. The molecule has 19 heavy (non-hydrogen) atoms. The van der Waals surface area contributed by atoms with E-state index in [1.54, 1.807) is 24.4 Å². The largest absolute Gasteiger partial charge is 0.491 e. The molecular weight excluding hydrogens is 240 g/mol. The van der Waals surface area contributed by atoms with Crippen LogP contribution in [-0.2, 0) is 0 Å². The molecule has 0 spiro atoms. The molecule has 0 atom stereocenters. The van der Waals surface area contributed by atoms with Gasteiger partial charge in [0.25, 0.3) is 0 Å². The number of ether oxygens (including phenoxy) is 1. The van der Waals surface area contributed by atoms with Crippen molar-refractivity contribution >= 4 is 5.78 Å². The third kappa shape index (κ3) is 3.37. The molecule has 2 aromatic rings. The number of rotatable bonds is 4. The van der Waals surface area contributed by atoms with Gasteiger partial charge in [-0.15, -0.1) is 0 Å². The lowest BCUT2D eigenvalue weighted by molar-refractivity contribution is 0.103. The number of carbonyl (C=O) groups is 1. The minimum Gasteiger partial charge on any atom is -0.491 e. The van der Waals surface area contributed by atoms with E-state index in [1.165, 1.54) is 6.20 Å². The summed E-state index contributed by atoms with van der Waals surface area (Å²) < 4.78 is 5.57. The third-order valence-corrected chi connectivity index (χ3v) is 2.48. The molecule has 0 aliphatic carbocycles. The van der Waals surface area contributed by atoms with Gasteiger partial charge in [0.2, 0.25) is 5.78 Å². The topological polar surface area (TPSA) is 52.1 Å². The Morgan fingerprint density at radius 2 is 2.00 bits per heavy atom. The summed E-state index contributed by atoms with van der Waals surface area (Å²) in [5.74, 6) is 0.530. The first kappa shape index (κ1) is 13.2. The molecule has 0 fully saturated rings. The van der Waals surface area contributed by atoms with E-state index in [0.29, 0.717) is 17.0 Å². The Hall–Kier alpha value is -2.23. The van der Waals surface area contributed by atoms with Gasteiger partial charge in [-0.05, 0) is 32.9 Å². The Balaban J connectivity index is 2.26. The first-order valence-electron chi connectivity index (χ1n) is 6.16. The number of aryl methyl sites for hydroxylation is 1. The first-order chi connectivity index (χ1) is 9.06. The van der Waals surface area contributed by atoms with Crippen LogP contribution in [0.15, 0.2) is 36.7 Å². The second-order valence-corrected chi connectivity index (χ2v) is 4.57. The summed E-state index contributed by atoms with van der Waals surface area (Å²) >= 11 is 0. The molecule has 2 rings (SSSR count). The molecule has 0 saturated heterocycles. The van der Waals surface area contributed by atoms with Crippen LogP contribution < -0.4 is 4.74 Å². The first-order valence-corrected chi connectivity index (χ1v) is 6.16. The van der Waals surface area contributed by atoms with E-state index in [1.807, 2.05) is 26.8 Å². The number of hydrogen-bond acceptors (Lipinski definition) is 4. The van der Waals surface area contributed by atoms with E-state index in [-0.39, 0.29) is 11.9 Å². The molecule has 1 aromatic heterocycles. The van der Waals surface area contributed by atoms with Crippen molar-refractivity contribution in [2.24, 2.45) is 0 Å². The van der Waals surface area contributed by atoms with Gasteiger partial charge in [0.05, 0.1) is 18.0 Å². The molecular formula is C15H16N2O2. The second-order valence-electron chi connectivity index (χ2n) is 4.57. The van der Waals surface area contributed by atoms with Gasteiger partial charge in [0.1, 0.15) is 11.4 Å². The summed E-state index contributed by atoms with van der Waals surface area (Å²) in [4.78, 5) is 20.4. The van der Waals surface area contributed by atoms with E-state index in [0.717, 1.165) is 5.69 Å². The van der Waals surface area contributed by atoms with Crippen molar-refractivity contribution < 1.29 is 9.53 Å². The minimum atomic E-state index is -0.151. The third-order valence-electron chi connectivity index (χ3n) is 2.48. The minimum absolute atomic E-state index is 0.0736. The average Bonchev–Trinajstić information content (AvgIpc) is 2.38. The van der Waals surface area contributed by atoms with Gasteiger partial charge < -0.3 is 4.74 Å². The molecule has 0 bridgehead atoms. The van der Waals surface area contributed by atoms with Gasteiger partial charge in [0.15, 0.2) is 0 Å². The zero-order valence-corrected chi connectivity index (χ0v) is 11.3. The Labute approximate surface area is 112 Å². The highest BCUT2D eigenvalue weighted by Crippen LogP contribution is 2.17.